The van der Waals surface area contributed by atoms with E-state index in [2.05, 4.69) is 26.0 Å². The van der Waals surface area contributed by atoms with Crippen LogP contribution < -0.4 is 20.8 Å². The molecule has 3 fully saturated rings. The molecule has 2 aromatic rings. The highest BCUT2D eigenvalue weighted by Gasteiger charge is 2.55. The second-order valence-corrected chi connectivity index (χ2v) is 9.39. The lowest BCUT2D eigenvalue weighted by Crippen LogP contribution is -2.65. The molecule has 11 heteroatoms. The number of ether oxygens (including phenoxy) is 1. The molecule has 0 bridgehead atoms. The number of alkyl halides is 3. The van der Waals surface area contributed by atoms with Crippen LogP contribution in [0.3, 0.4) is 0 Å². The maximum atomic E-state index is 13.3. The van der Waals surface area contributed by atoms with Gasteiger partial charge in [-0.25, -0.2) is 10.4 Å². The molecular formula is C24H29F3N6O2. The summed E-state index contributed by atoms with van der Waals surface area (Å²) in [5.41, 5.74) is 4.11. The van der Waals surface area contributed by atoms with E-state index in [0.29, 0.717) is 30.1 Å². The summed E-state index contributed by atoms with van der Waals surface area (Å²) in [7, 11) is 1.58. The van der Waals surface area contributed by atoms with Gasteiger partial charge in [-0.05, 0) is 48.9 Å². The van der Waals surface area contributed by atoms with Gasteiger partial charge in [0.2, 0.25) is 5.91 Å². The standard InChI is InChI=1S/C24H29F3N6O2/c1-3-17(14-6-9-18(29-11-14)24(25,26)27)33-22-20(21(32-33)13-4-5-13)23(34)31-19(30-22)10-15-7-8-16(35-2)12-28-15/h6-9,11-13,17,19-22,30,32H,3-5,10H2,1-2H3,(H,31,34)/t17-,19?,20?,21?,22?/m1/s1. The summed E-state index contributed by atoms with van der Waals surface area (Å²) in [6, 6.07) is 5.91. The molecule has 1 amide bonds. The zero-order chi connectivity index (χ0) is 24.7. The van der Waals surface area contributed by atoms with E-state index >= 15 is 0 Å². The van der Waals surface area contributed by atoms with Crippen LogP contribution in [0.25, 0.3) is 0 Å². The van der Waals surface area contributed by atoms with Gasteiger partial charge in [-0.1, -0.05) is 13.0 Å². The summed E-state index contributed by atoms with van der Waals surface area (Å²) in [5, 5.41) is 8.68. The second kappa shape index (κ2) is 9.36. The highest BCUT2D eigenvalue weighted by Crippen LogP contribution is 2.43. The first-order chi connectivity index (χ1) is 16.8. The van der Waals surface area contributed by atoms with Crippen molar-refractivity contribution in [2.75, 3.05) is 7.11 Å². The number of carbonyl (C=O) groups excluding carboxylic acids is 1. The zero-order valence-electron chi connectivity index (χ0n) is 19.5. The molecule has 0 aromatic carbocycles. The van der Waals surface area contributed by atoms with Gasteiger partial charge in [0.25, 0.3) is 0 Å². The maximum Gasteiger partial charge on any atom is 0.433 e. The number of methoxy groups -OCH3 is 1. The summed E-state index contributed by atoms with van der Waals surface area (Å²) >= 11 is 0. The number of halogens is 3. The normalized spacial score (nSPS) is 27.9. The van der Waals surface area contributed by atoms with Crippen molar-refractivity contribution in [2.24, 2.45) is 11.8 Å². The molecular weight excluding hydrogens is 461 g/mol. The molecule has 3 N–H and O–H groups in total. The molecule has 5 atom stereocenters. The number of rotatable bonds is 7. The largest absolute Gasteiger partial charge is 0.495 e. The van der Waals surface area contributed by atoms with Crippen LogP contribution in [0.5, 0.6) is 5.75 Å². The topological polar surface area (TPSA) is 91.4 Å². The first-order valence-electron chi connectivity index (χ1n) is 11.9. The number of aromatic nitrogens is 2. The maximum absolute atomic E-state index is 13.3. The molecule has 4 unspecified atom stereocenters. The number of pyridine rings is 2. The van der Waals surface area contributed by atoms with Crippen molar-refractivity contribution in [3.8, 4) is 5.75 Å². The minimum absolute atomic E-state index is 0.0241. The van der Waals surface area contributed by atoms with Crippen LogP contribution in [0, 0.1) is 11.8 Å². The van der Waals surface area contributed by atoms with E-state index in [1.54, 1.807) is 13.3 Å². The number of nitrogens with one attached hydrogen (secondary N) is 3. The first kappa shape index (κ1) is 24.0. The van der Waals surface area contributed by atoms with Crippen LogP contribution in [0.15, 0.2) is 36.7 Å². The number of carbonyl (C=O) groups is 1. The molecule has 3 aliphatic rings. The third-order valence-corrected chi connectivity index (χ3v) is 7.08. The monoisotopic (exact) mass is 490 g/mol. The van der Waals surface area contributed by atoms with Gasteiger partial charge in [-0.3, -0.25) is 20.1 Å². The van der Waals surface area contributed by atoms with Crippen LogP contribution in [0.1, 0.15) is 49.2 Å². The summed E-state index contributed by atoms with van der Waals surface area (Å²) in [4.78, 5) is 21.3. The van der Waals surface area contributed by atoms with E-state index in [4.69, 9.17) is 4.74 Å². The summed E-state index contributed by atoms with van der Waals surface area (Å²) in [6.45, 7) is 1.98. The molecule has 1 aliphatic carbocycles. The fourth-order valence-corrected chi connectivity index (χ4v) is 5.18. The minimum atomic E-state index is -4.49. The van der Waals surface area contributed by atoms with Gasteiger partial charge in [-0.15, -0.1) is 0 Å². The predicted molar refractivity (Wildman–Crippen MR) is 121 cm³/mol. The molecule has 0 spiro atoms. The fourth-order valence-electron chi connectivity index (χ4n) is 5.18. The summed E-state index contributed by atoms with van der Waals surface area (Å²) < 4.78 is 44.2. The van der Waals surface area contributed by atoms with E-state index < -0.39 is 11.9 Å². The van der Waals surface area contributed by atoms with Crippen LogP contribution in [0.4, 0.5) is 13.2 Å². The molecule has 8 nitrogen and oxygen atoms in total. The van der Waals surface area contributed by atoms with Crippen molar-refractivity contribution in [1.82, 2.24) is 31.0 Å². The Bertz CT molecular complexity index is 1040. The van der Waals surface area contributed by atoms with Crippen LogP contribution in [0.2, 0.25) is 0 Å². The van der Waals surface area contributed by atoms with E-state index in [9.17, 15) is 18.0 Å². The number of hydrogen-bond acceptors (Lipinski definition) is 7. The molecule has 188 valence electrons. The average Bonchev–Trinajstić information content (AvgIpc) is 3.61. The van der Waals surface area contributed by atoms with Gasteiger partial charge in [0, 0.05) is 24.4 Å². The highest BCUT2D eigenvalue weighted by atomic mass is 19.4. The number of amides is 1. The molecule has 35 heavy (non-hydrogen) atoms. The molecule has 2 aromatic heterocycles. The van der Waals surface area contributed by atoms with E-state index in [0.717, 1.165) is 24.6 Å². The van der Waals surface area contributed by atoms with E-state index in [1.165, 1.54) is 12.3 Å². The number of hydrogen-bond donors (Lipinski definition) is 3. The average molecular weight is 491 g/mol. The van der Waals surface area contributed by atoms with Crippen LogP contribution >= 0.6 is 0 Å². The third kappa shape index (κ3) is 4.85. The molecule has 4 heterocycles. The van der Waals surface area contributed by atoms with Crippen molar-refractivity contribution in [2.45, 2.75) is 63.2 Å². The Morgan fingerprint density at radius 3 is 2.54 bits per heavy atom. The Hall–Kier alpha value is -2.76. The van der Waals surface area contributed by atoms with Crippen molar-refractivity contribution in [3.63, 3.8) is 0 Å². The number of fused-ring (bicyclic) bond motifs is 1. The second-order valence-electron chi connectivity index (χ2n) is 9.39. The predicted octanol–water partition coefficient (Wildman–Crippen LogP) is 2.78. The van der Waals surface area contributed by atoms with Crippen molar-refractivity contribution < 1.29 is 22.7 Å². The summed E-state index contributed by atoms with van der Waals surface area (Å²) in [5.74, 6) is 0.727. The van der Waals surface area contributed by atoms with Gasteiger partial charge in [0.05, 0.1) is 37.6 Å². The fraction of sp³-hybridized carbons (Fsp3) is 0.542. The van der Waals surface area contributed by atoms with Gasteiger partial charge in [0.1, 0.15) is 11.4 Å². The minimum Gasteiger partial charge on any atom is -0.495 e. The van der Waals surface area contributed by atoms with E-state index in [-0.39, 0.29) is 36.2 Å². The lowest BCUT2D eigenvalue weighted by molar-refractivity contribution is -0.141. The summed E-state index contributed by atoms with van der Waals surface area (Å²) in [6.07, 6.45) is 1.02. The van der Waals surface area contributed by atoms with Gasteiger partial charge in [-0.2, -0.15) is 13.2 Å². The lowest BCUT2D eigenvalue weighted by Gasteiger charge is -2.39. The Balaban J connectivity index is 1.39. The molecule has 1 saturated carbocycles. The zero-order valence-corrected chi connectivity index (χ0v) is 19.5. The van der Waals surface area contributed by atoms with Gasteiger partial charge < -0.3 is 10.1 Å². The van der Waals surface area contributed by atoms with Crippen LogP contribution in [-0.2, 0) is 17.4 Å². The quantitative estimate of drug-likeness (QED) is 0.550. The Morgan fingerprint density at radius 2 is 1.97 bits per heavy atom. The third-order valence-electron chi connectivity index (χ3n) is 7.08. The number of nitrogens with zero attached hydrogens (tertiary/aromatic N) is 3. The number of hydrazine groups is 1. The van der Waals surface area contributed by atoms with Crippen molar-refractivity contribution in [3.05, 3.63) is 53.6 Å². The lowest BCUT2D eigenvalue weighted by atomic mass is 9.91. The molecule has 2 aliphatic heterocycles. The van der Waals surface area contributed by atoms with Gasteiger partial charge >= 0.3 is 6.18 Å². The first-order valence-corrected chi connectivity index (χ1v) is 11.9. The van der Waals surface area contributed by atoms with Crippen molar-refractivity contribution >= 4 is 5.91 Å². The smallest absolute Gasteiger partial charge is 0.433 e. The van der Waals surface area contributed by atoms with E-state index in [1.807, 2.05) is 24.1 Å². The highest BCUT2D eigenvalue weighted by molar-refractivity contribution is 5.81. The Kier molecular flexibility index (Phi) is 6.41. The Labute approximate surface area is 201 Å². The Morgan fingerprint density at radius 1 is 1.17 bits per heavy atom. The van der Waals surface area contributed by atoms with Crippen molar-refractivity contribution in [1.29, 1.82) is 0 Å². The van der Waals surface area contributed by atoms with Gasteiger partial charge in [0.15, 0.2) is 0 Å². The van der Waals surface area contributed by atoms with Crippen LogP contribution in [-0.4, -0.2) is 46.4 Å². The molecule has 2 saturated heterocycles. The molecule has 5 rings (SSSR count). The molecule has 0 radical (unpaired) electrons. The SMILES string of the molecule is CC[C@H](c1ccc(C(F)(F)F)nc1)N1NC(C2CC2)C2C(=O)NC(Cc3ccc(OC)cn3)NC21.